The second-order valence-corrected chi connectivity index (χ2v) is 9.26. The van der Waals surface area contributed by atoms with Crippen molar-refractivity contribution in [2.45, 2.75) is 34.6 Å². The zero-order valence-electron chi connectivity index (χ0n) is 10.9. The van der Waals surface area contributed by atoms with Crippen molar-refractivity contribution in [1.82, 2.24) is 0 Å². The summed E-state index contributed by atoms with van der Waals surface area (Å²) >= 11 is 0. The molecule has 106 valence electrons. The van der Waals surface area contributed by atoms with Gasteiger partial charge in [-0.1, -0.05) is 12.1 Å². The van der Waals surface area contributed by atoms with E-state index in [0.29, 0.717) is 12.0 Å². The predicted octanol–water partition coefficient (Wildman–Crippen LogP) is 0.527. The number of sulfone groups is 2. The van der Waals surface area contributed by atoms with Crippen LogP contribution in [0.2, 0.25) is 0 Å². The summed E-state index contributed by atoms with van der Waals surface area (Å²) in [5.74, 6) is 0. The molecule has 0 spiro atoms. The minimum atomic E-state index is -3.63. The fourth-order valence-corrected chi connectivity index (χ4v) is 4.88. The fourth-order valence-electron chi connectivity index (χ4n) is 2.13. The largest absolute Gasteiger partial charge is 0.325 e. The van der Waals surface area contributed by atoms with Crippen molar-refractivity contribution in [1.29, 1.82) is 0 Å². The Labute approximate surface area is 113 Å². The molecule has 2 N–H and O–H groups in total. The fraction of sp³-hybridized carbons (Fsp3) is 0.500. The van der Waals surface area contributed by atoms with Gasteiger partial charge in [-0.15, -0.1) is 0 Å². The van der Waals surface area contributed by atoms with Gasteiger partial charge in [0, 0.05) is 18.1 Å². The molecular formula is C12H17NO4S2. The first-order valence-electron chi connectivity index (χ1n) is 5.84. The van der Waals surface area contributed by atoms with Crippen molar-refractivity contribution in [2.75, 3.05) is 12.5 Å². The Balaban J connectivity index is 2.68. The normalized spacial score (nSPS) is 18.3. The third kappa shape index (κ3) is 3.16. The molecule has 0 aliphatic heterocycles. The van der Waals surface area contributed by atoms with Gasteiger partial charge in [0.05, 0.1) is 9.79 Å². The summed E-state index contributed by atoms with van der Waals surface area (Å²) in [6.45, 7) is 0. The molecule has 0 amide bonds. The Morgan fingerprint density at radius 3 is 2.11 bits per heavy atom. The monoisotopic (exact) mass is 303 g/mol. The molecular weight excluding hydrogens is 286 g/mol. The summed E-state index contributed by atoms with van der Waals surface area (Å²) in [4.78, 5) is -0.244. The summed E-state index contributed by atoms with van der Waals surface area (Å²) in [6.07, 6.45) is 4.09. The standard InChI is InChI=1S/C12H17NO4S2/c1-18(14,15)10-5-3-4-9(8-12(13)6-7-12)11(10)19(2,16)17/h3-5H,6-8,13H2,1-2H3. The number of hydrogen-bond acceptors (Lipinski definition) is 5. The average molecular weight is 303 g/mol. The summed E-state index contributed by atoms with van der Waals surface area (Å²) in [6, 6.07) is 4.52. The van der Waals surface area contributed by atoms with Gasteiger partial charge in [0.1, 0.15) is 0 Å². The van der Waals surface area contributed by atoms with Crippen LogP contribution in [-0.2, 0) is 26.1 Å². The van der Waals surface area contributed by atoms with Gasteiger partial charge < -0.3 is 5.73 Å². The maximum Gasteiger partial charge on any atom is 0.177 e. The third-order valence-corrected chi connectivity index (χ3v) is 5.76. The number of hydrogen-bond donors (Lipinski definition) is 1. The lowest BCUT2D eigenvalue weighted by molar-refractivity contribution is 0.584. The molecule has 1 aliphatic carbocycles. The van der Waals surface area contributed by atoms with Gasteiger partial charge in [-0.3, -0.25) is 0 Å². The van der Waals surface area contributed by atoms with E-state index >= 15 is 0 Å². The molecule has 0 heterocycles. The van der Waals surface area contributed by atoms with E-state index in [1.807, 2.05) is 0 Å². The Hall–Kier alpha value is -0.920. The van der Waals surface area contributed by atoms with Gasteiger partial charge in [-0.05, 0) is 30.9 Å². The van der Waals surface area contributed by atoms with Crippen molar-refractivity contribution in [2.24, 2.45) is 5.73 Å². The van der Waals surface area contributed by atoms with Gasteiger partial charge in [0.25, 0.3) is 0 Å². The second-order valence-electron chi connectivity index (χ2n) is 5.33. The van der Waals surface area contributed by atoms with E-state index in [4.69, 9.17) is 5.73 Å². The van der Waals surface area contributed by atoms with Crippen LogP contribution in [0.25, 0.3) is 0 Å². The Bertz CT molecular complexity index is 716. The van der Waals surface area contributed by atoms with Crippen LogP contribution < -0.4 is 5.73 Å². The van der Waals surface area contributed by atoms with Crippen molar-refractivity contribution in [3.63, 3.8) is 0 Å². The van der Waals surface area contributed by atoms with Gasteiger partial charge >= 0.3 is 0 Å². The molecule has 1 aromatic rings. The van der Waals surface area contributed by atoms with E-state index in [0.717, 1.165) is 25.4 Å². The molecule has 1 aliphatic rings. The highest BCUT2D eigenvalue weighted by Gasteiger charge is 2.39. The van der Waals surface area contributed by atoms with Crippen LogP contribution in [-0.4, -0.2) is 34.9 Å². The maximum atomic E-state index is 11.9. The van der Waals surface area contributed by atoms with E-state index in [-0.39, 0.29) is 15.3 Å². The van der Waals surface area contributed by atoms with E-state index in [1.165, 1.54) is 6.07 Å². The number of nitrogens with two attached hydrogens (primary N) is 1. The summed E-state index contributed by atoms with van der Waals surface area (Å²) in [5, 5.41) is 0. The lowest BCUT2D eigenvalue weighted by Crippen LogP contribution is -2.26. The Morgan fingerprint density at radius 1 is 1.11 bits per heavy atom. The van der Waals surface area contributed by atoms with Crippen LogP contribution in [0.3, 0.4) is 0 Å². The molecule has 0 saturated heterocycles. The van der Waals surface area contributed by atoms with Crippen molar-refractivity contribution in [3.8, 4) is 0 Å². The minimum Gasteiger partial charge on any atom is -0.325 e. The molecule has 2 rings (SSSR count). The van der Waals surface area contributed by atoms with Crippen LogP contribution in [0, 0.1) is 0 Å². The summed E-state index contributed by atoms with van der Waals surface area (Å²) in [5.41, 5.74) is 6.12. The van der Waals surface area contributed by atoms with Gasteiger partial charge in [0.2, 0.25) is 0 Å². The predicted molar refractivity (Wildman–Crippen MR) is 72.5 cm³/mol. The zero-order valence-corrected chi connectivity index (χ0v) is 12.5. The Kier molecular flexibility index (Phi) is 3.27. The lowest BCUT2D eigenvalue weighted by atomic mass is 10.1. The van der Waals surface area contributed by atoms with Gasteiger partial charge in [0.15, 0.2) is 19.7 Å². The van der Waals surface area contributed by atoms with E-state index in [9.17, 15) is 16.8 Å². The van der Waals surface area contributed by atoms with E-state index < -0.39 is 19.7 Å². The summed E-state index contributed by atoms with van der Waals surface area (Å²) < 4.78 is 47.3. The lowest BCUT2D eigenvalue weighted by Gasteiger charge is -2.15. The molecule has 7 heteroatoms. The molecule has 19 heavy (non-hydrogen) atoms. The second kappa shape index (κ2) is 4.29. The third-order valence-electron chi connectivity index (χ3n) is 3.27. The van der Waals surface area contributed by atoms with Crippen molar-refractivity contribution < 1.29 is 16.8 Å². The quantitative estimate of drug-likeness (QED) is 0.875. The smallest absolute Gasteiger partial charge is 0.177 e. The van der Waals surface area contributed by atoms with Crippen LogP contribution in [0.4, 0.5) is 0 Å². The van der Waals surface area contributed by atoms with Crippen LogP contribution in [0.1, 0.15) is 18.4 Å². The molecule has 0 aromatic heterocycles. The number of rotatable bonds is 4. The Morgan fingerprint density at radius 2 is 1.68 bits per heavy atom. The highest BCUT2D eigenvalue weighted by atomic mass is 32.2. The van der Waals surface area contributed by atoms with Crippen LogP contribution in [0.5, 0.6) is 0 Å². The average Bonchev–Trinajstić information content (AvgIpc) is 2.92. The van der Waals surface area contributed by atoms with Gasteiger partial charge in [-0.25, -0.2) is 16.8 Å². The molecule has 1 fully saturated rings. The molecule has 1 saturated carbocycles. The summed E-state index contributed by atoms with van der Waals surface area (Å²) in [7, 11) is -7.22. The van der Waals surface area contributed by atoms with E-state index in [1.54, 1.807) is 12.1 Å². The first-order valence-corrected chi connectivity index (χ1v) is 9.62. The first kappa shape index (κ1) is 14.5. The molecule has 0 radical (unpaired) electrons. The topological polar surface area (TPSA) is 94.3 Å². The first-order chi connectivity index (χ1) is 8.53. The molecule has 0 bridgehead atoms. The van der Waals surface area contributed by atoms with Crippen LogP contribution in [0.15, 0.2) is 28.0 Å². The van der Waals surface area contributed by atoms with Crippen molar-refractivity contribution in [3.05, 3.63) is 23.8 Å². The van der Waals surface area contributed by atoms with E-state index in [2.05, 4.69) is 0 Å². The molecule has 1 aromatic carbocycles. The molecule has 5 nitrogen and oxygen atoms in total. The van der Waals surface area contributed by atoms with Gasteiger partial charge in [-0.2, -0.15) is 0 Å². The molecule has 0 atom stereocenters. The SMILES string of the molecule is CS(=O)(=O)c1cccc(CC2(N)CC2)c1S(C)(=O)=O. The maximum absolute atomic E-state index is 11.9. The highest BCUT2D eigenvalue weighted by Crippen LogP contribution is 2.38. The minimum absolute atomic E-state index is 0.103. The molecule has 0 unspecified atom stereocenters. The number of benzene rings is 1. The van der Waals surface area contributed by atoms with Crippen LogP contribution >= 0.6 is 0 Å². The van der Waals surface area contributed by atoms with Crippen molar-refractivity contribution >= 4 is 19.7 Å². The zero-order chi connectivity index (χ0) is 14.5. The highest BCUT2D eigenvalue weighted by molar-refractivity contribution is 7.93.